The number of amides is 2. The first-order valence-electron chi connectivity index (χ1n) is 6.93. The molecule has 2 aromatic rings. The average Bonchev–Trinajstić information content (AvgIpc) is 2.55. The topological polar surface area (TPSA) is 72.2 Å². The molecule has 0 atom stereocenters. The van der Waals surface area contributed by atoms with Crippen molar-refractivity contribution < 1.29 is 9.59 Å². The number of carbonyl (C=O) groups is 2. The van der Waals surface area contributed by atoms with Gasteiger partial charge in [0, 0.05) is 0 Å². The molecule has 0 saturated carbocycles. The highest BCUT2D eigenvalue weighted by Gasteiger charge is 2.16. The van der Waals surface area contributed by atoms with Gasteiger partial charge in [0.2, 0.25) is 11.8 Å². The molecule has 0 unspecified atom stereocenters. The van der Waals surface area contributed by atoms with Crippen molar-refractivity contribution in [1.82, 2.24) is 5.32 Å². The minimum absolute atomic E-state index is 0.0710. The van der Waals surface area contributed by atoms with E-state index in [9.17, 15) is 9.59 Å². The van der Waals surface area contributed by atoms with Crippen molar-refractivity contribution in [3.63, 3.8) is 0 Å². The zero-order chi connectivity index (χ0) is 15.8. The molecule has 0 bridgehead atoms. The van der Waals surface area contributed by atoms with Crippen LogP contribution in [0.5, 0.6) is 0 Å². The molecule has 0 aliphatic rings. The van der Waals surface area contributed by atoms with Crippen LogP contribution in [0.15, 0.2) is 60.7 Å². The van der Waals surface area contributed by atoms with Crippen molar-refractivity contribution >= 4 is 23.6 Å². The number of nitrogens with one attached hydrogen (secondary N) is 1. The zero-order valence-electron chi connectivity index (χ0n) is 12.1. The average molecular weight is 314 g/mol. The number of carbonyl (C=O) groups excluding carboxylic acids is 2. The van der Waals surface area contributed by atoms with Crippen LogP contribution in [0.3, 0.4) is 0 Å². The summed E-state index contributed by atoms with van der Waals surface area (Å²) >= 11 is 1.52. The molecule has 2 aromatic carbocycles. The molecule has 0 aliphatic carbocycles. The fourth-order valence-corrected chi connectivity index (χ4v) is 3.16. The van der Waals surface area contributed by atoms with Gasteiger partial charge in [0.25, 0.3) is 0 Å². The highest BCUT2D eigenvalue weighted by atomic mass is 32.2. The quantitative estimate of drug-likeness (QED) is 0.822. The molecule has 0 aromatic heterocycles. The number of benzene rings is 2. The van der Waals surface area contributed by atoms with Crippen molar-refractivity contribution in [1.29, 1.82) is 0 Å². The maximum Gasteiger partial charge on any atom is 0.236 e. The molecule has 0 spiro atoms. The van der Waals surface area contributed by atoms with Gasteiger partial charge in [0.15, 0.2) is 0 Å². The molecule has 0 radical (unpaired) electrons. The van der Waals surface area contributed by atoms with Gasteiger partial charge in [0.05, 0.1) is 17.5 Å². The lowest BCUT2D eigenvalue weighted by Gasteiger charge is -2.17. The van der Waals surface area contributed by atoms with Crippen LogP contribution in [-0.4, -0.2) is 24.1 Å². The molecular formula is C17H18N2O2S. The Morgan fingerprint density at radius 3 is 1.91 bits per heavy atom. The predicted molar refractivity (Wildman–Crippen MR) is 89.4 cm³/mol. The summed E-state index contributed by atoms with van der Waals surface area (Å²) in [7, 11) is 0. The van der Waals surface area contributed by atoms with Crippen molar-refractivity contribution in [2.24, 2.45) is 5.73 Å². The van der Waals surface area contributed by atoms with Crippen LogP contribution in [0.1, 0.15) is 16.4 Å². The lowest BCUT2D eigenvalue weighted by atomic mass is 10.0. The second-order valence-electron chi connectivity index (χ2n) is 4.76. The second kappa shape index (κ2) is 8.24. The van der Waals surface area contributed by atoms with Gasteiger partial charge in [-0.2, -0.15) is 0 Å². The smallest absolute Gasteiger partial charge is 0.236 e. The van der Waals surface area contributed by atoms with Gasteiger partial charge in [-0.1, -0.05) is 60.7 Å². The summed E-state index contributed by atoms with van der Waals surface area (Å²) in [5.74, 6) is -0.469. The number of hydrogen-bond donors (Lipinski definition) is 2. The Morgan fingerprint density at radius 1 is 0.955 bits per heavy atom. The van der Waals surface area contributed by atoms with E-state index in [1.807, 2.05) is 60.7 Å². The highest BCUT2D eigenvalue weighted by Crippen LogP contribution is 2.35. The number of nitrogens with two attached hydrogens (primary N) is 1. The first-order chi connectivity index (χ1) is 10.7. The monoisotopic (exact) mass is 314 g/mol. The van der Waals surface area contributed by atoms with E-state index in [2.05, 4.69) is 5.32 Å². The van der Waals surface area contributed by atoms with E-state index in [0.29, 0.717) is 0 Å². The van der Waals surface area contributed by atoms with E-state index in [1.54, 1.807) is 0 Å². The molecule has 2 rings (SSSR count). The maximum absolute atomic E-state index is 11.8. The van der Waals surface area contributed by atoms with E-state index in [4.69, 9.17) is 5.73 Å². The Bertz CT molecular complexity index is 578. The number of rotatable bonds is 7. The molecule has 4 nitrogen and oxygen atoms in total. The number of hydrogen-bond acceptors (Lipinski definition) is 3. The SMILES string of the molecule is NC(=O)CNC(=O)CSC(c1ccccc1)c1ccccc1. The van der Waals surface area contributed by atoms with E-state index in [1.165, 1.54) is 11.8 Å². The predicted octanol–water partition coefficient (Wildman–Crippen LogP) is 2.11. The third-order valence-corrected chi connectivity index (χ3v) is 4.35. The van der Waals surface area contributed by atoms with Crippen molar-refractivity contribution in [3.05, 3.63) is 71.8 Å². The lowest BCUT2D eigenvalue weighted by Crippen LogP contribution is -2.34. The summed E-state index contributed by atoms with van der Waals surface area (Å²) in [4.78, 5) is 22.5. The summed E-state index contributed by atoms with van der Waals surface area (Å²) in [5.41, 5.74) is 7.30. The minimum atomic E-state index is -0.541. The van der Waals surface area contributed by atoms with Crippen molar-refractivity contribution in [2.45, 2.75) is 5.25 Å². The Hall–Kier alpha value is -2.27. The normalized spacial score (nSPS) is 10.4. The lowest BCUT2D eigenvalue weighted by molar-refractivity contribution is -0.123. The van der Waals surface area contributed by atoms with Crippen LogP contribution in [0.2, 0.25) is 0 Å². The summed E-state index contributed by atoms with van der Waals surface area (Å²) in [5, 5.41) is 2.58. The highest BCUT2D eigenvalue weighted by molar-refractivity contribution is 8.00. The Balaban J connectivity index is 2.06. The van der Waals surface area contributed by atoms with Crippen LogP contribution >= 0.6 is 11.8 Å². The van der Waals surface area contributed by atoms with E-state index in [0.717, 1.165) is 11.1 Å². The molecule has 2 amide bonds. The van der Waals surface area contributed by atoms with Gasteiger partial charge in [-0.25, -0.2) is 0 Å². The minimum Gasteiger partial charge on any atom is -0.368 e. The summed E-state index contributed by atoms with van der Waals surface area (Å²) < 4.78 is 0. The first-order valence-corrected chi connectivity index (χ1v) is 7.98. The molecule has 0 heterocycles. The standard InChI is InChI=1S/C17H18N2O2S/c18-15(20)11-19-16(21)12-22-17(13-7-3-1-4-8-13)14-9-5-2-6-10-14/h1-10,17H,11-12H2,(H2,18,20)(H,19,21). The molecule has 5 heteroatoms. The number of thioether (sulfide) groups is 1. The van der Waals surface area contributed by atoms with Gasteiger partial charge in [-0.3, -0.25) is 9.59 Å². The maximum atomic E-state index is 11.8. The molecule has 0 saturated heterocycles. The molecule has 114 valence electrons. The third-order valence-electron chi connectivity index (χ3n) is 3.05. The van der Waals surface area contributed by atoms with Gasteiger partial charge in [-0.15, -0.1) is 11.8 Å². The Kier molecular flexibility index (Phi) is 6.03. The van der Waals surface area contributed by atoms with Gasteiger partial charge in [-0.05, 0) is 11.1 Å². The van der Waals surface area contributed by atoms with Gasteiger partial charge in [0.1, 0.15) is 0 Å². The molecular weight excluding hydrogens is 296 g/mol. The zero-order valence-corrected chi connectivity index (χ0v) is 12.9. The first kappa shape index (κ1) is 16.1. The second-order valence-corrected chi connectivity index (χ2v) is 5.85. The van der Waals surface area contributed by atoms with E-state index >= 15 is 0 Å². The Labute approximate surface area is 134 Å². The van der Waals surface area contributed by atoms with Crippen molar-refractivity contribution in [2.75, 3.05) is 12.3 Å². The van der Waals surface area contributed by atoms with Crippen molar-refractivity contribution in [3.8, 4) is 0 Å². The molecule has 22 heavy (non-hydrogen) atoms. The van der Waals surface area contributed by atoms with Crippen LogP contribution < -0.4 is 11.1 Å². The fourth-order valence-electron chi connectivity index (χ4n) is 2.04. The van der Waals surface area contributed by atoms with E-state index in [-0.39, 0.29) is 23.5 Å². The van der Waals surface area contributed by atoms with E-state index < -0.39 is 5.91 Å². The summed E-state index contributed by atoms with van der Waals surface area (Å²) in [6.45, 7) is -0.124. The van der Waals surface area contributed by atoms with Gasteiger partial charge < -0.3 is 11.1 Å². The summed E-state index contributed by atoms with van der Waals surface area (Å²) in [6.07, 6.45) is 0. The van der Waals surface area contributed by atoms with Crippen LogP contribution in [0.4, 0.5) is 0 Å². The number of primary amides is 1. The molecule has 3 N–H and O–H groups in total. The van der Waals surface area contributed by atoms with Gasteiger partial charge >= 0.3 is 0 Å². The molecule has 0 aliphatic heterocycles. The third kappa shape index (κ3) is 4.93. The van der Waals surface area contributed by atoms with Crippen LogP contribution in [0.25, 0.3) is 0 Å². The summed E-state index contributed by atoms with van der Waals surface area (Å²) in [6, 6.07) is 20.1. The Morgan fingerprint density at radius 2 is 1.45 bits per heavy atom. The molecule has 0 fully saturated rings. The van der Waals surface area contributed by atoms with Crippen LogP contribution in [-0.2, 0) is 9.59 Å². The largest absolute Gasteiger partial charge is 0.368 e. The van der Waals surface area contributed by atoms with Crippen LogP contribution in [0, 0.1) is 0 Å². The fraction of sp³-hybridized carbons (Fsp3) is 0.176.